The predicted molar refractivity (Wildman–Crippen MR) is 165 cm³/mol. The minimum atomic E-state index is -3.33. The number of fused-ring (bicyclic) bond motifs is 1. The number of amidine groups is 1. The van der Waals surface area contributed by atoms with E-state index in [2.05, 4.69) is 39.0 Å². The summed E-state index contributed by atoms with van der Waals surface area (Å²) in [6, 6.07) is 23.3. The second-order valence-electron chi connectivity index (χ2n) is 9.94. The molecule has 5 rings (SSSR count). The molecule has 1 N–H and O–H groups in total. The number of nitrogens with zero attached hydrogens (tertiary/aromatic N) is 5. The molecule has 2 heterocycles. The number of sulfonamides is 1. The van der Waals surface area contributed by atoms with E-state index >= 15 is 0 Å². The van der Waals surface area contributed by atoms with Crippen molar-refractivity contribution in [3.8, 4) is 6.07 Å². The molecule has 2 aliphatic rings. The number of thioether (sulfide) groups is 1. The van der Waals surface area contributed by atoms with Crippen LogP contribution in [0.4, 0.5) is 16.2 Å². The van der Waals surface area contributed by atoms with Gasteiger partial charge < -0.3 is 4.90 Å². The molecule has 1 amide bonds. The topological polar surface area (TPSA) is 118 Å². The number of hydrazone groups is 1. The van der Waals surface area contributed by atoms with Crippen molar-refractivity contribution in [1.82, 2.24) is 5.01 Å². The smallest absolute Gasteiger partial charge is 0.301 e. The molecular weight excluding hydrogens is 557 g/mol. The molecule has 0 aromatic heterocycles. The van der Waals surface area contributed by atoms with Crippen molar-refractivity contribution < 1.29 is 13.2 Å². The fourth-order valence-corrected chi connectivity index (χ4v) is 6.16. The molecule has 0 fully saturated rings. The highest BCUT2D eigenvalue weighted by Crippen LogP contribution is 2.31. The Hall–Kier alpha value is -4.14. The first-order chi connectivity index (χ1) is 19.7. The first kappa shape index (κ1) is 28.4. The minimum absolute atomic E-state index is 0.0531. The fourth-order valence-electron chi connectivity index (χ4n) is 4.88. The fraction of sp³-hybridized carbons (Fsp3) is 0.267. The van der Waals surface area contributed by atoms with Gasteiger partial charge in [0.2, 0.25) is 10.0 Å². The standard InChI is InChI=1S/C30H30N6O3S2/c1-35-30(37)40-20-27(33-35)24-11-14-28-25(18-24)4-3-17-36(28)29(23-9-5-22(19-31)6-10-23)32-16-15-21-7-12-26(13-8-21)34-41(2,38)39/h5-14,18,34H,3-4,15-17,20H2,1-2H3/b32-29-. The van der Waals surface area contributed by atoms with Gasteiger partial charge in [-0.25, -0.2) is 13.4 Å². The van der Waals surface area contributed by atoms with Gasteiger partial charge >= 0.3 is 5.24 Å². The van der Waals surface area contributed by atoms with Crippen LogP contribution in [-0.2, 0) is 22.9 Å². The highest BCUT2D eigenvalue weighted by Gasteiger charge is 2.25. The molecule has 3 aromatic carbocycles. The van der Waals surface area contributed by atoms with Crippen molar-refractivity contribution in [2.24, 2.45) is 10.1 Å². The summed E-state index contributed by atoms with van der Waals surface area (Å²) in [5.41, 5.74) is 7.29. The molecule has 11 heteroatoms. The summed E-state index contributed by atoms with van der Waals surface area (Å²) in [5.74, 6) is 1.39. The van der Waals surface area contributed by atoms with E-state index < -0.39 is 10.0 Å². The Morgan fingerprint density at radius 3 is 2.56 bits per heavy atom. The van der Waals surface area contributed by atoms with Crippen molar-refractivity contribution in [1.29, 1.82) is 5.26 Å². The van der Waals surface area contributed by atoms with Crippen LogP contribution in [0.25, 0.3) is 0 Å². The van der Waals surface area contributed by atoms with Crippen molar-refractivity contribution in [2.45, 2.75) is 19.3 Å². The number of hydrogen-bond acceptors (Lipinski definition) is 7. The molecule has 0 unspecified atom stereocenters. The number of nitriles is 1. The van der Waals surface area contributed by atoms with E-state index in [9.17, 15) is 18.5 Å². The molecule has 0 radical (unpaired) electrons. The molecule has 210 valence electrons. The van der Waals surface area contributed by atoms with E-state index in [0.29, 0.717) is 30.0 Å². The monoisotopic (exact) mass is 586 g/mol. The van der Waals surface area contributed by atoms with Crippen molar-refractivity contribution in [3.05, 3.63) is 94.5 Å². The SMILES string of the molecule is CN1N=C(c2ccc3c(c2)CCCN3/C(=N\CCc2ccc(NS(C)(=O)=O)cc2)c2ccc(C#N)cc2)CSC1=O. The zero-order valence-electron chi connectivity index (χ0n) is 22.9. The van der Waals surface area contributed by atoms with Gasteiger partial charge in [-0.3, -0.25) is 14.5 Å². The second-order valence-corrected chi connectivity index (χ2v) is 12.6. The summed E-state index contributed by atoms with van der Waals surface area (Å²) >= 11 is 1.26. The maximum absolute atomic E-state index is 11.9. The molecule has 0 saturated carbocycles. The van der Waals surface area contributed by atoms with Gasteiger partial charge in [-0.1, -0.05) is 30.0 Å². The van der Waals surface area contributed by atoms with Crippen molar-refractivity contribution in [2.75, 3.05) is 41.8 Å². The Labute approximate surface area is 244 Å². The number of aryl methyl sites for hydroxylation is 1. The Balaban J connectivity index is 1.42. The van der Waals surface area contributed by atoms with E-state index in [1.165, 1.54) is 22.3 Å². The van der Waals surface area contributed by atoms with Gasteiger partial charge in [-0.05, 0) is 84.5 Å². The quantitative estimate of drug-likeness (QED) is 0.312. The molecule has 0 atom stereocenters. The highest BCUT2D eigenvalue weighted by atomic mass is 32.2. The molecule has 2 aliphatic heterocycles. The number of hydrogen-bond donors (Lipinski definition) is 1. The summed E-state index contributed by atoms with van der Waals surface area (Å²) in [6.45, 7) is 1.34. The zero-order chi connectivity index (χ0) is 29.0. The number of amides is 1. The molecule has 41 heavy (non-hydrogen) atoms. The third kappa shape index (κ3) is 6.96. The van der Waals surface area contributed by atoms with Crippen LogP contribution in [0.5, 0.6) is 0 Å². The van der Waals surface area contributed by atoms with Gasteiger partial charge in [0, 0.05) is 42.8 Å². The normalized spacial score (nSPS) is 15.7. The number of nitrogens with one attached hydrogen (secondary N) is 1. The van der Waals surface area contributed by atoms with E-state index in [-0.39, 0.29) is 5.24 Å². The lowest BCUT2D eigenvalue weighted by atomic mass is 9.96. The Bertz CT molecular complexity index is 1660. The van der Waals surface area contributed by atoms with Gasteiger partial charge in [0.1, 0.15) is 5.84 Å². The first-order valence-corrected chi connectivity index (χ1v) is 16.1. The lowest BCUT2D eigenvalue weighted by Gasteiger charge is -2.33. The number of anilines is 2. The number of aliphatic imine (C=N–C) groups is 1. The third-order valence-corrected chi connectivity index (χ3v) is 8.38. The maximum Gasteiger partial charge on any atom is 0.301 e. The lowest BCUT2D eigenvalue weighted by Crippen LogP contribution is -2.36. The number of benzene rings is 3. The molecule has 0 bridgehead atoms. The highest BCUT2D eigenvalue weighted by molar-refractivity contribution is 8.14. The summed E-state index contributed by atoms with van der Waals surface area (Å²) < 4.78 is 25.5. The van der Waals surface area contributed by atoms with Gasteiger partial charge in [-0.2, -0.15) is 10.4 Å². The Morgan fingerprint density at radius 1 is 1.12 bits per heavy atom. The van der Waals surface area contributed by atoms with Crippen LogP contribution < -0.4 is 9.62 Å². The number of carbonyl (C=O) groups excluding carboxylic acids is 1. The van der Waals surface area contributed by atoms with Crippen LogP contribution in [0.3, 0.4) is 0 Å². The molecule has 0 saturated heterocycles. The van der Waals surface area contributed by atoms with Crippen LogP contribution in [0.15, 0.2) is 76.8 Å². The van der Waals surface area contributed by atoms with E-state index in [1.54, 1.807) is 19.2 Å². The number of rotatable bonds is 7. The predicted octanol–water partition coefficient (Wildman–Crippen LogP) is 4.87. The summed E-state index contributed by atoms with van der Waals surface area (Å²) in [6.07, 6.45) is 3.70. The average Bonchev–Trinajstić information content (AvgIpc) is 2.96. The van der Waals surface area contributed by atoms with Crippen molar-refractivity contribution in [3.63, 3.8) is 0 Å². The van der Waals surface area contributed by atoms with Gasteiger partial charge in [0.15, 0.2) is 0 Å². The Kier molecular flexibility index (Phi) is 8.42. The summed E-state index contributed by atoms with van der Waals surface area (Å²) in [7, 11) is -1.65. The maximum atomic E-state index is 11.9. The molecule has 0 spiro atoms. The largest absolute Gasteiger partial charge is 0.326 e. The van der Waals surface area contributed by atoms with Crippen LogP contribution in [0.1, 0.15) is 34.2 Å². The van der Waals surface area contributed by atoms with Gasteiger partial charge in [-0.15, -0.1) is 0 Å². The van der Waals surface area contributed by atoms with Crippen LogP contribution >= 0.6 is 11.8 Å². The average molecular weight is 587 g/mol. The first-order valence-electron chi connectivity index (χ1n) is 13.2. The van der Waals surface area contributed by atoms with Gasteiger partial charge in [0.25, 0.3) is 0 Å². The third-order valence-electron chi connectivity index (χ3n) is 6.85. The number of carbonyl (C=O) groups is 1. The molecule has 3 aromatic rings. The van der Waals surface area contributed by atoms with Crippen LogP contribution in [-0.4, -0.2) is 62.4 Å². The van der Waals surface area contributed by atoms with Gasteiger partial charge in [0.05, 0.1) is 23.6 Å². The Morgan fingerprint density at radius 2 is 1.88 bits per heavy atom. The van der Waals surface area contributed by atoms with E-state index in [1.807, 2.05) is 36.4 Å². The summed E-state index contributed by atoms with van der Waals surface area (Å²) in [5, 5.41) is 15.1. The van der Waals surface area contributed by atoms with Crippen LogP contribution in [0.2, 0.25) is 0 Å². The van der Waals surface area contributed by atoms with E-state index in [0.717, 1.165) is 59.6 Å². The molecule has 9 nitrogen and oxygen atoms in total. The molecule has 0 aliphatic carbocycles. The minimum Gasteiger partial charge on any atom is -0.326 e. The summed E-state index contributed by atoms with van der Waals surface area (Å²) in [4.78, 5) is 19.2. The molecular formula is C30H30N6O3S2. The van der Waals surface area contributed by atoms with Crippen LogP contribution in [0, 0.1) is 11.3 Å². The zero-order valence-corrected chi connectivity index (χ0v) is 24.5. The van der Waals surface area contributed by atoms with E-state index in [4.69, 9.17) is 4.99 Å². The van der Waals surface area contributed by atoms with Crippen molar-refractivity contribution >= 4 is 49.9 Å². The second kappa shape index (κ2) is 12.2. The lowest BCUT2D eigenvalue weighted by molar-refractivity contribution is 0.235.